The molecule has 1 aliphatic heterocycles. The number of allylic oxidation sites excluding steroid dienone is 1. The second kappa shape index (κ2) is 7.98. The smallest absolute Gasteiger partial charge is 0.250 e. The van der Waals surface area contributed by atoms with E-state index in [9.17, 15) is 8.78 Å². The van der Waals surface area contributed by atoms with Crippen LogP contribution in [0.25, 0.3) is 23.4 Å². The van der Waals surface area contributed by atoms with Gasteiger partial charge in [0.05, 0.1) is 22.4 Å². The van der Waals surface area contributed by atoms with Gasteiger partial charge in [0.25, 0.3) is 0 Å². The van der Waals surface area contributed by atoms with Crippen LogP contribution in [0.1, 0.15) is 43.8 Å². The number of hydrogen-bond donors (Lipinski definition) is 0. The molecule has 3 aliphatic rings. The summed E-state index contributed by atoms with van der Waals surface area (Å²) in [6.07, 6.45) is 6.52. The predicted octanol–water partition coefficient (Wildman–Crippen LogP) is 5.63. The SMILES string of the molecule is C=Cc1nc(-c2nccc([C@@]34CC[C@@H](C5C#CC3/N=N\C(c3c(F)cccc3F)=C/5)C4(C)C)n2)no1. The summed E-state index contributed by atoms with van der Waals surface area (Å²) in [6.45, 7) is 8.01. The lowest BCUT2D eigenvalue weighted by atomic mass is 9.59. The van der Waals surface area contributed by atoms with Gasteiger partial charge in [-0.1, -0.05) is 43.5 Å². The van der Waals surface area contributed by atoms with Crippen LogP contribution in [0.4, 0.5) is 8.78 Å². The van der Waals surface area contributed by atoms with Crippen molar-refractivity contribution in [2.24, 2.45) is 27.5 Å². The average Bonchev–Trinajstić information content (AvgIpc) is 3.41. The maximum Gasteiger partial charge on any atom is 0.250 e. The topological polar surface area (TPSA) is 89.4 Å². The van der Waals surface area contributed by atoms with E-state index in [0.717, 1.165) is 18.5 Å². The van der Waals surface area contributed by atoms with Crippen molar-refractivity contribution in [3.8, 4) is 23.5 Å². The zero-order valence-electron chi connectivity index (χ0n) is 19.7. The Morgan fingerprint density at radius 3 is 2.67 bits per heavy atom. The minimum Gasteiger partial charge on any atom is -0.334 e. The molecule has 6 rings (SSSR count). The molecular weight excluding hydrogens is 462 g/mol. The molecule has 0 N–H and O–H groups in total. The van der Waals surface area contributed by atoms with Crippen LogP contribution in [0, 0.1) is 40.7 Å². The van der Waals surface area contributed by atoms with Crippen LogP contribution in [0.5, 0.6) is 0 Å². The predicted molar refractivity (Wildman–Crippen MR) is 128 cm³/mol. The highest BCUT2D eigenvalue weighted by atomic mass is 19.1. The molecular formula is C27H22F2N6O. The molecule has 2 aromatic heterocycles. The first kappa shape index (κ1) is 22.4. The van der Waals surface area contributed by atoms with Gasteiger partial charge in [0, 0.05) is 12.1 Å². The van der Waals surface area contributed by atoms with E-state index in [1.165, 1.54) is 24.3 Å². The van der Waals surface area contributed by atoms with Crippen molar-refractivity contribution in [3.05, 3.63) is 71.9 Å². The fraction of sp³-hybridized carbons (Fsp3) is 0.333. The lowest BCUT2D eigenvalue weighted by molar-refractivity contribution is 0.122. The van der Waals surface area contributed by atoms with E-state index in [2.05, 4.69) is 57.6 Å². The third-order valence-electron chi connectivity index (χ3n) is 7.98. The Kier molecular flexibility index (Phi) is 4.97. The lowest BCUT2D eigenvalue weighted by Gasteiger charge is -2.45. The van der Waals surface area contributed by atoms with E-state index in [1.807, 2.05) is 6.07 Å². The van der Waals surface area contributed by atoms with Gasteiger partial charge in [0.1, 0.15) is 17.7 Å². The number of hydrogen-bond acceptors (Lipinski definition) is 7. The molecule has 2 aliphatic carbocycles. The van der Waals surface area contributed by atoms with Crippen LogP contribution < -0.4 is 0 Å². The molecule has 1 aromatic carbocycles. The maximum atomic E-state index is 14.7. The zero-order valence-corrected chi connectivity index (χ0v) is 19.7. The summed E-state index contributed by atoms with van der Waals surface area (Å²) in [6, 6.07) is 5.08. The van der Waals surface area contributed by atoms with Crippen LogP contribution in [0.15, 0.2) is 57.9 Å². The molecule has 1 fully saturated rings. The summed E-state index contributed by atoms with van der Waals surface area (Å²) in [7, 11) is 0. The first-order chi connectivity index (χ1) is 17.3. The summed E-state index contributed by atoms with van der Waals surface area (Å²) in [5, 5.41) is 12.9. The molecule has 7 nitrogen and oxygen atoms in total. The minimum absolute atomic E-state index is 0.0966. The van der Waals surface area contributed by atoms with E-state index in [1.54, 1.807) is 12.3 Å². The van der Waals surface area contributed by atoms with Crippen LogP contribution in [-0.2, 0) is 5.41 Å². The number of rotatable bonds is 4. The van der Waals surface area contributed by atoms with Crippen molar-refractivity contribution in [3.63, 3.8) is 0 Å². The van der Waals surface area contributed by atoms with Gasteiger partial charge < -0.3 is 4.52 Å². The molecule has 0 amide bonds. The zero-order chi connectivity index (χ0) is 25.1. The normalized spacial score (nSPS) is 29.8. The van der Waals surface area contributed by atoms with Gasteiger partial charge >= 0.3 is 0 Å². The molecule has 3 aromatic rings. The van der Waals surface area contributed by atoms with Gasteiger partial charge in [0.2, 0.25) is 17.5 Å². The Balaban J connectivity index is 1.51. The maximum absolute atomic E-state index is 14.7. The largest absolute Gasteiger partial charge is 0.334 e. The molecule has 3 heterocycles. The highest BCUT2D eigenvalue weighted by molar-refractivity contribution is 5.66. The molecule has 4 bridgehead atoms. The van der Waals surface area contributed by atoms with Crippen LogP contribution in [0.2, 0.25) is 0 Å². The molecule has 9 heteroatoms. The van der Waals surface area contributed by atoms with Crippen molar-refractivity contribution in [1.29, 1.82) is 0 Å². The van der Waals surface area contributed by atoms with Crippen molar-refractivity contribution in [1.82, 2.24) is 20.1 Å². The van der Waals surface area contributed by atoms with Gasteiger partial charge in [-0.25, -0.2) is 18.7 Å². The molecule has 36 heavy (non-hydrogen) atoms. The first-order valence-electron chi connectivity index (χ1n) is 11.7. The quantitative estimate of drug-likeness (QED) is 0.448. The van der Waals surface area contributed by atoms with E-state index in [-0.39, 0.29) is 40.2 Å². The summed E-state index contributed by atoms with van der Waals surface area (Å²) < 4.78 is 34.5. The van der Waals surface area contributed by atoms with Gasteiger partial charge in [-0.2, -0.15) is 15.2 Å². The van der Waals surface area contributed by atoms with Crippen molar-refractivity contribution >= 4 is 11.8 Å². The fourth-order valence-corrected chi connectivity index (χ4v) is 6.12. The van der Waals surface area contributed by atoms with Gasteiger partial charge in [-0.3, -0.25) is 0 Å². The Morgan fingerprint density at radius 2 is 1.92 bits per heavy atom. The standard InChI is InChI=1S/C27H22F2N6O/c1-4-22-32-25(35-36-22)24-30-13-11-20(31-24)27-12-10-16(26(27,2)3)15-8-9-21(27)34-33-19(14-15)23-17(28)6-5-7-18(23)29/h4-7,11,13-16,21H,1,10,12H2,2-3H3/b19-14-,34-33-/t15?,16-,21?,27-/m0/s1. The second-order valence-corrected chi connectivity index (χ2v) is 9.85. The van der Waals surface area contributed by atoms with Crippen molar-refractivity contribution in [2.75, 3.05) is 0 Å². The molecule has 0 radical (unpaired) electrons. The highest BCUT2D eigenvalue weighted by Gasteiger charge is 2.62. The number of aromatic nitrogens is 4. The molecule has 2 unspecified atom stereocenters. The Hall–Kier alpha value is -4.06. The molecule has 1 saturated carbocycles. The van der Waals surface area contributed by atoms with E-state index in [4.69, 9.17) is 9.51 Å². The Bertz CT molecular complexity index is 1490. The number of azo groups is 1. The minimum atomic E-state index is -0.679. The molecule has 0 spiro atoms. The van der Waals surface area contributed by atoms with Gasteiger partial charge in [-0.15, -0.1) is 0 Å². The monoisotopic (exact) mass is 484 g/mol. The molecule has 4 atom stereocenters. The number of halogens is 2. The Labute approximate surface area is 206 Å². The molecule has 180 valence electrons. The first-order valence-corrected chi connectivity index (χ1v) is 11.7. The summed E-state index contributed by atoms with van der Waals surface area (Å²) in [4.78, 5) is 13.5. The van der Waals surface area contributed by atoms with E-state index >= 15 is 0 Å². The van der Waals surface area contributed by atoms with Crippen LogP contribution >= 0.6 is 0 Å². The lowest BCUT2D eigenvalue weighted by Crippen LogP contribution is -2.48. The van der Waals surface area contributed by atoms with Crippen molar-refractivity contribution < 1.29 is 13.3 Å². The second-order valence-electron chi connectivity index (χ2n) is 9.85. The summed E-state index contributed by atoms with van der Waals surface area (Å²) >= 11 is 0. The number of fused-ring (bicyclic) bond motifs is 6. The fourth-order valence-electron chi connectivity index (χ4n) is 6.12. The van der Waals surface area contributed by atoms with Crippen LogP contribution in [-0.4, -0.2) is 26.2 Å². The highest BCUT2D eigenvalue weighted by Crippen LogP contribution is 2.63. The van der Waals surface area contributed by atoms with E-state index < -0.39 is 23.1 Å². The average molecular weight is 485 g/mol. The Morgan fingerprint density at radius 1 is 1.11 bits per heavy atom. The van der Waals surface area contributed by atoms with E-state index in [0.29, 0.717) is 5.82 Å². The third-order valence-corrected chi connectivity index (χ3v) is 7.98. The van der Waals surface area contributed by atoms with Gasteiger partial charge in [0.15, 0.2) is 0 Å². The summed E-state index contributed by atoms with van der Waals surface area (Å²) in [5.41, 5.74) is -0.211. The third kappa shape index (κ3) is 3.10. The van der Waals surface area contributed by atoms with Crippen LogP contribution in [0.3, 0.4) is 0 Å². The van der Waals surface area contributed by atoms with Crippen molar-refractivity contribution in [2.45, 2.75) is 38.1 Å². The molecule has 0 saturated heterocycles. The van der Waals surface area contributed by atoms with Gasteiger partial charge in [-0.05, 0) is 54.5 Å². The number of benzene rings is 1. The summed E-state index contributed by atoms with van der Waals surface area (Å²) in [5.74, 6) is 6.02. The number of nitrogens with zero attached hydrogens (tertiary/aromatic N) is 6.